The van der Waals surface area contributed by atoms with Crippen molar-refractivity contribution in [2.45, 2.75) is 32.2 Å². The van der Waals surface area contributed by atoms with Crippen LogP contribution in [0.25, 0.3) is 0 Å². The molecule has 1 N–H and O–H groups in total. The summed E-state index contributed by atoms with van der Waals surface area (Å²) in [6.07, 6.45) is 8.74. The Hall–Kier alpha value is -0.680. The fourth-order valence-electron chi connectivity index (χ4n) is 2.72. The number of likely N-dealkylation sites (tertiary alicyclic amines) is 1. The zero-order valence-corrected chi connectivity index (χ0v) is 18.4. The van der Waals surface area contributed by atoms with Crippen molar-refractivity contribution in [3.8, 4) is 0 Å². The molecule has 136 valence electrons. The van der Waals surface area contributed by atoms with Gasteiger partial charge in [0.15, 0.2) is 0 Å². The second-order valence-corrected chi connectivity index (χ2v) is 8.50. The van der Waals surface area contributed by atoms with Crippen molar-refractivity contribution in [1.82, 2.24) is 14.5 Å². The summed E-state index contributed by atoms with van der Waals surface area (Å²) in [5.74, 6) is 0. The average molecular weight is 567 g/mol. The molecule has 1 aliphatic rings. The number of H-pyrrole nitrogens is 1. The maximum Gasteiger partial charge on any atom is 0.250 e. The lowest BCUT2D eigenvalue weighted by molar-refractivity contribution is 0.222. The number of hydrogen-bond acceptors (Lipinski definition) is 3. The number of pyridine rings is 2. The van der Waals surface area contributed by atoms with Crippen molar-refractivity contribution < 1.29 is 0 Å². The first-order valence-corrected chi connectivity index (χ1v) is 10.6. The number of aromatic amines is 1. The van der Waals surface area contributed by atoms with Gasteiger partial charge in [-0.3, -0.25) is 9.59 Å². The fraction of sp³-hybridized carbons (Fsp3) is 0.444. The first-order valence-electron chi connectivity index (χ1n) is 8.47. The molecule has 0 atom stereocenters. The molecular formula is C18H23I2N3O2. The minimum absolute atomic E-state index is 0.0505. The monoisotopic (exact) mass is 567 g/mol. The van der Waals surface area contributed by atoms with E-state index in [0.717, 1.165) is 26.7 Å². The van der Waals surface area contributed by atoms with Crippen LogP contribution in [0.1, 0.15) is 25.7 Å². The van der Waals surface area contributed by atoms with Crippen LogP contribution in [0.3, 0.4) is 0 Å². The van der Waals surface area contributed by atoms with Gasteiger partial charge in [-0.1, -0.05) is 6.42 Å². The van der Waals surface area contributed by atoms with Gasteiger partial charge in [0.2, 0.25) is 5.56 Å². The Bertz CT molecular complexity index is 747. The summed E-state index contributed by atoms with van der Waals surface area (Å²) in [4.78, 5) is 27.0. The minimum atomic E-state index is -0.0505. The topological polar surface area (TPSA) is 58.1 Å². The fourth-order valence-corrected chi connectivity index (χ4v) is 3.57. The molecule has 0 spiro atoms. The normalized spacial score (nSPS) is 14.6. The van der Waals surface area contributed by atoms with Gasteiger partial charge in [-0.25, -0.2) is 0 Å². The number of aryl methyl sites for hydroxylation is 1. The smallest absolute Gasteiger partial charge is 0.250 e. The second-order valence-electron chi connectivity index (χ2n) is 6.01. The van der Waals surface area contributed by atoms with Crippen LogP contribution in [-0.4, -0.2) is 34.1 Å². The van der Waals surface area contributed by atoms with Crippen molar-refractivity contribution in [2.24, 2.45) is 0 Å². The van der Waals surface area contributed by atoms with Crippen LogP contribution in [0.15, 0.2) is 46.2 Å². The Morgan fingerprint density at radius 3 is 2.28 bits per heavy atom. The molecule has 2 aromatic rings. The standard InChI is InChI=1S/C13H19IN2O.C5H4INO/c14-12-5-6-13(17)16(11-12)10-4-9-15-7-2-1-3-8-15;6-4-1-2-5(8)7-3-4/h5-6,11H,1-4,7-10H2;1-3H,(H,7,8). The maximum absolute atomic E-state index is 11.6. The Morgan fingerprint density at radius 1 is 0.920 bits per heavy atom. The molecule has 25 heavy (non-hydrogen) atoms. The molecule has 7 heteroatoms. The van der Waals surface area contributed by atoms with E-state index in [-0.39, 0.29) is 11.1 Å². The Balaban J connectivity index is 0.000000236. The molecule has 1 fully saturated rings. The minimum Gasteiger partial charge on any atom is -0.328 e. The Kier molecular flexibility index (Phi) is 9.18. The number of aromatic nitrogens is 2. The van der Waals surface area contributed by atoms with Crippen LogP contribution < -0.4 is 11.1 Å². The van der Waals surface area contributed by atoms with E-state index in [1.807, 2.05) is 16.8 Å². The summed E-state index contributed by atoms with van der Waals surface area (Å²) >= 11 is 4.37. The highest BCUT2D eigenvalue weighted by atomic mass is 127. The van der Waals surface area contributed by atoms with Crippen LogP contribution in [0.5, 0.6) is 0 Å². The van der Waals surface area contributed by atoms with Crippen molar-refractivity contribution in [3.63, 3.8) is 0 Å². The van der Waals surface area contributed by atoms with Crippen LogP contribution in [0, 0.1) is 7.14 Å². The highest BCUT2D eigenvalue weighted by Crippen LogP contribution is 2.09. The second kappa shape index (κ2) is 11.1. The maximum atomic E-state index is 11.6. The van der Waals surface area contributed by atoms with Crippen molar-refractivity contribution in [1.29, 1.82) is 0 Å². The molecular weight excluding hydrogens is 544 g/mol. The predicted molar refractivity (Wildman–Crippen MR) is 118 cm³/mol. The number of halogens is 2. The van der Waals surface area contributed by atoms with Crippen LogP contribution in [-0.2, 0) is 6.54 Å². The summed E-state index contributed by atoms with van der Waals surface area (Å²) in [6, 6.07) is 6.79. The quantitative estimate of drug-likeness (QED) is 0.578. The van der Waals surface area contributed by atoms with Gasteiger partial charge in [-0.15, -0.1) is 0 Å². The molecule has 3 rings (SSSR count). The van der Waals surface area contributed by atoms with E-state index in [9.17, 15) is 9.59 Å². The number of nitrogens with zero attached hydrogens (tertiary/aromatic N) is 2. The molecule has 0 aromatic carbocycles. The zero-order chi connectivity index (χ0) is 18.1. The first-order chi connectivity index (χ1) is 12.0. The van der Waals surface area contributed by atoms with Crippen molar-refractivity contribution in [2.75, 3.05) is 19.6 Å². The van der Waals surface area contributed by atoms with Gasteiger partial charge < -0.3 is 14.5 Å². The molecule has 0 amide bonds. The molecule has 1 aliphatic heterocycles. The summed E-state index contributed by atoms with van der Waals surface area (Å²) in [5.41, 5.74) is 0.0643. The molecule has 2 aromatic heterocycles. The molecule has 0 saturated carbocycles. The molecule has 0 bridgehead atoms. The third-order valence-electron chi connectivity index (χ3n) is 4.02. The zero-order valence-electron chi connectivity index (χ0n) is 14.1. The Labute approximate surface area is 175 Å². The van der Waals surface area contributed by atoms with E-state index in [4.69, 9.17) is 0 Å². The molecule has 1 saturated heterocycles. The molecule has 0 aliphatic carbocycles. The predicted octanol–water partition coefficient (Wildman–Crippen LogP) is 3.31. The van der Waals surface area contributed by atoms with Gasteiger partial charge in [0.1, 0.15) is 0 Å². The number of rotatable bonds is 4. The molecule has 0 radical (unpaired) electrons. The lowest BCUT2D eigenvalue weighted by Crippen LogP contribution is -2.31. The summed E-state index contributed by atoms with van der Waals surface area (Å²) in [6.45, 7) is 4.44. The van der Waals surface area contributed by atoms with Crippen LogP contribution in [0.2, 0.25) is 0 Å². The third kappa shape index (κ3) is 8.04. The summed E-state index contributed by atoms with van der Waals surface area (Å²) in [5, 5.41) is 0. The van der Waals surface area contributed by atoms with Crippen molar-refractivity contribution >= 4 is 45.2 Å². The lowest BCUT2D eigenvalue weighted by atomic mass is 10.1. The highest BCUT2D eigenvalue weighted by molar-refractivity contribution is 14.1. The van der Waals surface area contributed by atoms with E-state index in [0.29, 0.717) is 0 Å². The molecule has 0 unspecified atom stereocenters. The summed E-state index contributed by atoms with van der Waals surface area (Å²) < 4.78 is 3.99. The third-order valence-corrected chi connectivity index (χ3v) is 5.32. The van der Waals surface area contributed by atoms with Gasteiger partial charge in [-0.05, 0) is 96.2 Å². The van der Waals surface area contributed by atoms with E-state index in [1.54, 1.807) is 18.3 Å². The van der Waals surface area contributed by atoms with Gasteiger partial charge in [0, 0.05) is 38.2 Å². The van der Waals surface area contributed by atoms with Gasteiger partial charge in [0.25, 0.3) is 5.56 Å². The van der Waals surface area contributed by atoms with Crippen molar-refractivity contribution in [3.05, 3.63) is 64.5 Å². The lowest BCUT2D eigenvalue weighted by Gasteiger charge is -2.26. The van der Waals surface area contributed by atoms with E-state index in [2.05, 4.69) is 55.1 Å². The molecule has 5 nitrogen and oxygen atoms in total. The first kappa shape index (κ1) is 20.6. The van der Waals surface area contributed by atoms with Crippen LogP contribution >= 0.6 is 45.2 Å². The van der Waals surface area contributed by atoms with Gasteiger partial charge in [-0.2, -0.15) is 0 Å². The van der Waals surface area contributed by atoms with E-state index >= 15 is 0 Å². The average Bonchev–Trinajstić information content (AvgIpc) is 2.62. The number of nitrogens with one attached hydrogen (secondary N) is 1. The molecule has 3 heterocycles. The van der Waals surface area contributed by atoms with E-state index < -0.39 is 0 Å². The number of hydrogen-bond donors (Lipinski definition) is 1. The SMILES string of the molecule is O=c1ccc(I)c[nH]1.O=c1ccc(I)cn1CCCN1CCCCC1. The number of piperidine rings is 1. The van der Waals surface area contributed by atoms with Crippen LogP contribution in [0.4, 0.5) is 0 Å². The van der Waals surface area contributed by atoms with E-state index in [1.165, 1.54) is 38.4 Å². The Morgan fingerprint density at radius 2 is 1.64 bits per heavy atom. The van der Waals surface area contributed by atoms with Gasteiger partial charge >= 0.3 is 0 Å². The van der Waals surface area contributed by atoms with Gasteiger partial charge in [0.05, 0.1) is 0 Å². The summed E-state index contributed by atoms with van der Waals surface area (Å²) in [7, 11) is 0. The largest absolute Gasteiger partial charge is 0.328 e. The highest BCUT2D eigenvalue weighted by Gasteiger charge is 2.09.